The molecule has 1 fully saturated rings. The van der Waals surface area contributed by atoms with E-state index in [-0.39, 0.29) is 19.1 Å². The van der Waals surface area contributed by atoms with Gasteiger partial charge in [-0.05, 0) is 39.7 Å². The van der Waals surface area contributed by atoms with E-state index in [0.717, 1.165) is 24.2 Å². The minimum atomic E-state index is -0.733. The molecule has 7 heteroatoms. The lowest BCUT2D eigenvalue weighted by molar-refractivity contribution is -0.0713. The molecule has 1 aliphatic heterocycles. The number of aromatic nitrogens is 3. The van der Waals surface area contributed by atoms with Crippen LogP contribution in [0.1, 0.15) is 53.6 Å². The molecule has 1 aliphatic rings. The number of nitrogens with zero attached hydrogens (tertiary/aromatic N) is 4. The molecule has 2 aromatic rings. The molecule has 0 aliphatic carbocycles. The fourth-order valence-electron chi connectivity index (χ4n) is 4.09. The minimum Gasteiger partial charge on any atom is -0.396 e. The number of aryl methyl sites for hydroxylation is 3. The number of carbonyl (C=O) groups is 1. The number of amides is 1. The van der Waals surface area contributed by atoms with Gasteiger partial charge in [-0.2, -0.15) is 5.10 Å². The lowest BCUT2D eigenvalue weighted by atomic mass is 9.73. The summed E-state index contributed by atoms with van der Waals surface area (Å²) in [7, 11) is 0. The molecule has 26 heavy (non-hydrogen) atoms. The van der Waals surface area contributed by atoms with Crippen LogP contribution in [0.2, 0.25) is 0 Å². The van der Waals surface area contributed by atoms with Crippen molar-refractivity contribution in [2.24, 2.45) is 5.41 Å². The van der Waals surface area contributed by atoms with Gasteiger partial charge in [0.05, 0.1) is 18.4 Å². The third-order valence-corrected chi connectivity index (χ3v) is 5.61. The molecule has 0 bridgehead atoms. The summed E-state index contributed by atoms with van der Waals surface area (Å²) in [4.78, 5) is 19.4. The fourth-order valence-corrected chi connectivity index (χ4v) is 4.09. The molecule has 1 saturated heterocycles. The number of aliphatic hydroxyl groups excluding tert-OH is 2. The molecule has 3 heterocycles. The maximum absolute atomic E-state index is 13.2. The Balaban J connectivity index is 1.92. The predicted octanol–water partition coefficient (Wildman–Crippen LogP) is 1.64. The zero-order valence-electron chi connectivity index (χ0n) is 16.0. The summed E-state index contributed by atoms with van der Waals surface area (Å²) in [6, 6.07) is 1.93. The summed E-state index contributed by atoms with van der Waals surface area (Å²) in [6.45, 7) is 8.37. The van der Waals surface area contributed by atoms with Crippen molar-refractivity contribution >= 4 is 11.6 Å². The van der Waals surface area contributed by atoms with Gasteiger partial charge >= 0.3 is 0 Å². The molecular weight excluding hydrogens is 332 g/mol. The average Bonchev–Trinajstić information content (AvgIpc) is 2.92. The first-order valence-electron chi connectivity index (χ1n) is 9.24. The van der Waals surface area contributed by atoms with Gasteiger partial charge in [-0.25, -0.2) is 9.50 Å². The van der Waals surface area contributed by atoms with E-state index in [9.17, 15) is 15.0 Å². The Kier molecular flexibility index (Phi) is 5.03. The van der Waals surface area contributed by atoms with Gasteiger partial charge in [0.2, 0.25) is 0 Å². The van der Waals surface area contributed by atoms with Crippen LogP contribution in [0, 0.1) is 26.2 Å². The van der Waals surface area contributed by atoms with Crippen LogP contribution in [0.25, 0.3) is 5.65 Å². The molecule has 0 spiro atoms. The summed E-state index contributed by atoms with van der Waals surface area (Å²) >= 11 is 0. The smallest absolute Gasteiger partial charge is 0.259 e. The Morgan fingerprint density at radius 1 is 1.38 bits per heavy atom. The zero-order chi connectivity index (χ0) is 19.1. The van der Waals surface area contributed by atoms with E-state index in [1.165, 1.54) is 0 Å². The van der Waals surface area contributed by atoms with Gasteiger partial charge in [0.25, 0.3) is 5.91 Å². The lowest BCUT2D eigenvalue weighted by Gasteiger charge is -2.44. The van der Waals surface area contributed by atoms with Crippen molar-refractivity contribution in [3.8, 4) is 0 Å². The van der Waals surface area contributed by atoms with E-state index in [2.05, 4.69) is 10.1 Å². The van der Waals surface area contributed by atoms with Gasteiger partial charge < -0.3 is 15.1 Å². The van der Waals surface area contributed by atoms with Gasteiger partial charge in [-0.3, -0.25) is 4.79 Å². The summed E-state index contributed by atoms with van der Waals surface area (Å²) < 4.78 is 1.70. The van der Waals surface area contributed by atoms with Crippen molar-refractivity contribution in [2.75, 3.05) is 19.7 Å². The van der Waals surface area contributed by atoms with Crippen molar-refractivity contribution in [2.45, 2.75) is 53.1 Å². The molecule has 3 rings (SSSR count). The Morgan fingerprint density at radius 3 is 2.73 bits per heavy atom. The molecule has 0 saturated carbocycles. The summed E-state index contributed by atoms with van der Waals surface area (Å²) in [6.07, 6.45) is 1.50. The van der Waals surface area contributed by atoms with E-state index >= 15 is 0 Å². The van der Waals surface area contributed by atoms with Gasteiger partial charge in [-0.15, -0.1) is 0 Å². The molecule has 2 atom stereocenters. The Bertz CT molecular complexity index is 832. The average molecular weight is 360 g/mol. The van der Waals surface area contributed by atoms with Gasteiger partial charge in [0, 0.05) is 29.9 Å². The first-order valence-corrected chi connectivity index (χ1v) is 9.24. The third kappa shape index (κ3) is 2.99. The Labute approximate surface area is 153 Å². The molecule has 2 aromatic heterocycles. The first-order chi connectivity index (χ1) is 12.3. The van der Waals surface area contributed by atoms with Crippen molar-refractivity contribution < 1.29 is 15.0 Å². The quantitative estimate of drug-likeness (QED) is 0.865. The largest absolute Gasteiger partial charge is 0.396 e. The number of hydrogen-bond acceptors (Lipinski definition) is 5. The number of β-amino-alcohol motifs (C(OH)–C–C–N with tert-alkyl or cyclic N) is 1. The Morgan fingerprint density at radius 2 is 2.12 bits per heavy atom. The third-order valence-electron chi connectivity index (χ3n) is 5.61. The van der Waals surface area contributed by atoms with Crippen molar-refractivity contribution in [3.63, 3.8) is 0 Å². The second kappa shape index (κ2) is 6.96. The number of piperidine rings is 1. The van der Waals surface area contributed by atoms with Crippen molar-refractivity contribution in [1.29, 1.82) is 0 Å². The van der Waals surface area contributed by atoms with Gasteiger partial charge in [-0.1, -0.05) is 13.3 Å². The van der Waals surface area contributed by atoms with E-state index in [4.69, 9.17) is 0 Å². The molecule has 0 aromatic carbocycles. The highest BCUT2D eigenvalue weighted by Crippen LogP contribution is 2.36. The maximum Gasteiger partial charge on any atom is 0.259 e. The monoisotopic (exact) mass is 360 g/mol. The van der Waals surface area contributed by atoms with Crippen LogP contribution < -0.4 is 0 Å². The highest BCUT2D eigenvalue weighted by Gasteiger charge is 2.43. The minimum absolute atomic E-state index is 0.0558. The van der Waals surface area contributed by atoms with Crippen LogP contribution in [0.3, 0.4) is 0 Å². The van der Waals surface area contributed by atoms with E-state index < -0.39 is 11.5 Å². The highest BCUT2D eigenvalue weighted by molar-refractivity contribution is 6.01. The van der Waals surface area contributed by atoms with E-state index in [0.29, 0.717) is 29.9 Å². The molecule has 0 radical (unpaired) electrons. The second-order valence-corrected chi connectivity index (χ2v) is 7.52. The normalized spacial score (nSPS) is 23.6. The number of likely N-dealkylation sites (tertiary alicyclic amines) is 1. The van der Waals surface area contributed by atoms with Crippen LogP contribution in [-0.2, 0) is 0 Å². The number of hydrogen-bond donors (Lipinski definition) is 2. The fraction of sp³-hybridized carbons (Fsp3) is 0.632. The van der Waals surface area contributed by atoms with E-state index in [1.54, 1.807) is 9.42 Å². The van der Waals surface area contributed by atoms with Crippen LogP contribution in [-0.4, -0.2) is 61.4 Å². The summed E-state index contributed by atoms with van der Waals surface area (Å²) in [5.41, 5.74) is 2.95. The van der Waals surface area contributed by atoms with Crippen LogP contribution in [0.4, 0.5) is 0 Å². The van der Waals surface area contributed by atoms with Crippen molar-refractivity contribution in [1.82, 2.24) is 19.5 Å². The van der Waals surface area contributed by atoms with Gasteiger partial charge in [0.1, 0.15) is 5.56 Å². The standard InChI is InChI=1S/C19H28N4O3/c1-5-6-19(11-24)7-8-22(10-15(19)25)18(26)16-14(4)21-23-13(3)9-12(2)20-17(16)23/h9,15,24-25H,5-8,10-11H2,1-4H3/t15-,19+/m0/s1. The first kappa shape index (κ1) is 18.8. The molecule has 142 valence electrons. The lowest BCUT2D eigenvalue weighted by Crippen LogP contribution is -2.54. The molecule has 2 N–H and O–H groups in total. The summed E-state index contributed by atoms with van der Waals surface area (Å²) in [5, 5.41) is 24.9. The van der Waals surface area contributed by atoms with Crippen LogP contribution in [0.5, 0.6) is 0 Å². The Hall–Kier alpha value is -1.99. The number of aliphatic hydroxyl groups is 2. The topological polar surface area (TPSA) is 91.0 Å². The molecule has 7 nitrogen and oxygen atoms in total. The number of rotatable bonds is 4. The molecule has 1 amide bonds. The van der Waals surface area contributed by atoms with Crippen molar-refractivity contribution in [3.05, 3.63) is 28.7 Å². The van der Waals surface area contributed by atoms with Crippen LogP contribution in [0.15, 0.2) is 6.07 Å². The van der Waals surface area contributed by atoms with E-state index in [1.807, 2.05) is 33.8 Å². The van der Waals surface area contributed by atoms with Crippen LogP contribution >= 0.6 is 0 Å². The zero-order valence-corrected chi connectivity index (χ0v) is 16.0. The maximum atomic E-state index is 13.2. The SMILES string of the molecule is CCC[C@]1(CO)CCN(C(=O)c2c(C)nn3c(C)cc(C)nc23)C[C@@H]1O. The highest BCUT2D eigenvalue weighted by atomic mass is 16.3. The predicted molar refractivity (Wildman–Crippen MR) is 98.2 cm³/mol. The molecular formula is C19H28N4O3. The van der Waals surface area contributed by atoms with Gasteiger partial charge in [0.15, 0.2) is 5.65 Å². The molecule has 0 unspecified atom stereocenters. The second-order valence-electron chi connectivity index (χ2n) is 7.52. The number of fused-ring (bicyclic) bond motifs is 1. The number of carbonyl (C=O) groups excluding carboxylic acids is 1. The summed E-state index contributed by atoms with van der Waals surface area (Å²) in [5.74, 6) is -0.155.